The Balaban J connectivity index is 1.92. The second-order valence-electron chi connectivity index (χ2n) is 6.43. The molecule has 7 nitrogen and oxygen atoms in total. The van der Waals surface area contributed by atoms with Crippen LogP contribution in [0.4, 0.5) is 11.4 Å². The van der Waals surface area contributed by atoms with E-state index in [-0.39, 0.29) is 22.7 Å². The fourth-order valence-corrected chi connectivity index (χ4v) is 3.95. The summed E-state index contributed by atoms with van der Waals surface area (Å²) in [5, 5.41) is 0. The van der Waals surface area contributed by atoms with Crippen molar-refractivity contribution in [3.05, 3.63) is 48.0 Å². The van der Waals surface area contributed by atoms with E-state index in [0.29, 0.717) is 29.2 Å². The van der Waals surface area contributed by atoms with Gasteiger partial charge in [-0.25, -0.2) is 8.42 Å². The van der Waals surface area contributed by atoms with Gasteiger partial charge in [0.15, 0.2) is 5.78 Å². The molecule has 1 aliphatic rings. The molecule has 0 aliphatic carbocycles. The van der Waals surface area contributed by atoms with Crippen LogP contribution in [-0.2, 0) is 14.8 Å². The Kier molecular flexibility index (Phi) is 4.93. The molecule has 142 valence electrons. The van der Waals surface area contributed by atoms with Gasteiger partial charge in [-0.15, -0.1) is 0 Å². The number of ketones is 1. The third-order valence-corrected chi connectivity index (χ3v) is 5.60. The molecule has 3 rings (SSSR count). The van der Waals surface area contributed by atoms with E-state index >= 15 is 0 Å². The lowest BCUT2D eigenvalue weighted by atomic mass is 10.1. The highest BCUT2D eigenvalue weighted by Crippen LogP contribution is 2.35. The van der Waals surface area contributed by atoms with Crippen LogP contribution in [0.2, 0.25) is 0 Å². The van der Waals surface area contributed by atoms with Crippen molar-refractivity contribution in [1.82, 2.24) is 0 Å². The maximum Gasteiger partial charge on any atom is 0.261 e. The predicted octanol–water partition coefficient (Wildman–Crippen LogP) is 2.82. The van der Waals surface area contributed by atoms with Crippen molar-refractivity contribution in [2.24, 2.45) is 0 Å². The number of carbonyl (C=O) groups is 2. The minimum Gasteiger partial charge on any atom is -0.487 e. The van der Waals surface area contributed by atoms with E-state index in [1.54, 1.807) is 18.2 Å². The first-order valence-electron chi connectivity index (χ1n) is 8.40. The SMILES string of the molecule is CC(=O)c1ccc(NS(=O)(=O)c2ccc3c(c2)N(C(C)=O)CC(C)O3)cc1. The monoisotopic (exact) mass is 388 g/mol. The van der Waals surface area contributed by atoms with Crippen LogP contribution in [-0.4, -0.2) is 32.8 Å². The number of carbonyl (C=O) groups excluding carboxylic acids is 2. The summed E-state index contributed by atoms with van der Waals surface area (Å²) in [6, 6.07) is 10.6. The average molecular weight is 388 g/mol. The molecule has 1 amide bonds. The molecular weight excluding hydrogens is 368 g/mol. The molecule has 2 aromatic carbocycles. The van der Waals surface area contributed by atoms with E-state index in [1.807, 2.05) is 6.92 Å². The fourth-order valence-electron chi connectivity index (χ4n) is 2.87. The minimum absolute atomic E-state index is 0.0151. The second-order valence-corrected chi connectivity index (χ2v) is 8.11. The lowest BCUT2D eigenvalue weighted by molar-refractivity contribution is -0.117. The number of sulfonamides is 1. The Morgan fingerprint density at radius 1 is 1.11 bits per heavy atom. The van der Waals surface area contributed by atoms with Crippen LogP contribution >= 0.6 is 0 Å². The van der Waals surface area contributed by atoms with Crippen LogP contribution in [0.5, 0.6) is 5.75 Å². The van der Waals surface area contributed by atoms with E-state index in [9.17, 15) is 18.0 Å². The molecule has 0 saturated carbocycles. The predicted molar refractivity (Wildman–Crippen MR) is 102 cm³/mol. The van der Waals surface area contributed by atoms with Crippen LogP contribution < -0.4 is 14.4 Å². The number of Topliss-reactive ketones (excluding diaryl/α,β-unsaturated/α-hetero) is 1. The lowest BCUT2D eigenvalue weighted by Gasteiger charge is -2.33. The number of rotatable bonds is 4. The zero-order chi connectivity index (χ0) is 19.8. The quantitative estimate of drug-likeness (QED) is 0.813. The van der Waals surface area contributed by atoms with Gasteiger partial charge in [-0.1, -0.05) is 0 Å². The molecule has 2 aromatic rings. The maximum atomic E-state index is 12.7. The molecule has 1 N–H and O–H groups in total. The molecule has 0 fully saturated rings. The summed E-state index contributed by atoms with van der Waals surface area (Å²) in [4.78, 5) is 24.8. The van der Waals surface area contributed by atoms with Crippen molar-refractivity contribution in [3.63, 3.8) is 0 Å². The second kappa shape index (κ2) is 7.03. The average Bonchev–Trinajstić information content (AvgIpc) is 2.60. The summed E-state index contributed by atoms with van der Waals surface area (Å²) < 4.78 is 33.6. The Bertz CT molecular complexity index is 999. The van der Waals surface area contributed by atoms with Gasteiger partial charge in [0.05, 0.1) is 17.1 Å². The number of hydrogen-bond acceptors (Lipinski definition) is 5. The molecule has 8 heteroatoms. The van der Waals surface area contributed by atoms with Gasteiger partial charge in [-0.05, 0) is 56.3 Å². The molecule has 1 aliphatic heterocycles. The molecule has 0 radical (unpaired) electrons. The van der Waals surface area contributed by atoms with Gasteiger partial charge in [0, 0.05) is 18.2 Å². The number of nitrogens with zero attached hydrogens (tertiary/aromatic N) is 1. The van der Waals surface area contributed by atoms with Crippen molar-refractivity contribution in [1.29, 1.82) is 0 Å². The summed E-state index contributed by atoms with van der Waals surface area (Å²) >= 11 is 0. The number of nitrogens with one attached hydrogen (secondary N) is 1. The molecule has 0 saturated heterocycles. The molecule has 27 heavy (non-hydrogen) atoms. The summed E-state index contributed by atoms with van der Waals surface area (Å²) in [5.41, 5.74) is 1.26. The third-order valence-electron chi connectivity index (χ3n) is 4.22. The van der Waals surface area contributed by atoms with Crippen molar-refractivity contribution in [3.8, 4) is 5.75 Å². The Morgan fingerprint density at radius 2 is 1.78 bits per heavy atom. The molecule has 1 heterocycles. The number of fused-ring (bicyclic) bond motifs is 1. The van der Waals surface area contributed by atoms with E-state index < -0.39 is 10.0 Å². The number of anilines is 2. The largest absolute Gasteiger partial charge is 0.487 e. The summed E-state index contributed by atoms with van der Waals surface area (Å²) in [7, 11) is -3.87. The first kappa shape index (κ1) is 18.9. The van der Waals surface area contributed by atoms with Crippen molar-refractivity contribution < 1.29 is 22.7 Å². The van der Waals surface area contributed by atoms with E-state index in [4.69, 9.17) is 4.74 Å². The first-order valence-corrected chi connectivity index (χ1v) is 9.88. The first-order chi connectivity index (χ1) is 12.7. The lowest BCUT2D eigenvalue weighted by Crippen LogP contribution is -2.41. The molecule has 0 aromatic heterocycles. The summed E-state index contributed by atoms with van der Waals surface area (Å²) in [5.74, 6) is 0.181. The fraction of sp³-hybridized carbons (Fsp3) is 0.263. The summed E-state index contributed by atoms with van der Waals surface area (Å²) in [6.45, 7) is 5.06. The Hall–Kier alpha value is -2.87. The van der Waals surface area contributed by atoms with E-state index in [1.165, 1.54) is 43.0 Å². The van der Waals surface area contributed by atoms with Crippen LogP contribution in [0, 0.1) is 0 Å². The molecule has 1 unspecified atom stereocenters. The van der Waals surface area contributed by atoms with Crippen LogP contribution in [0.3, 0.4) is 0 Å². The van der Waals surface area contributed by atoms with Gasteiger partial charge in [-0.2, -0.15) is 0 Å². The standard InChI is InChI=1S/C19H20N2O5S/c1-12-11-21(14(3)23)18-10-17(8-9-19(18)26-12)27(24,25)20-16-6-4-15(5-7-16)13(2)22/h4-10,12,20H,11H2,1-3H3. The molecule has 0 spiro atoms. The van der Waals surface area contributed by atoms with Gasteiger partial charge in [0.2, 0.25) is 5.91 Å². The maximum absolute atomic E-state index is 12.7. The van der Waals surface area contributed by atoms with Crippen molar-refractivity contribution >= 4 is 33.1 Å². The molecule has 0 bridgehead atoms. The van der Waals surface area contributed by atoms with E-state index in [0.717, 1.165) is 0 Å². The van der Waals surface area contributed by atoms with Crippen molar-refractivity contribution in [2.75, 3.05) is 16.2 Å². The number of amides is 1. The van der Waals surface area contributed by atoms with E-state index in [2.05, 4.69) is 4.72 Å². The minimum atomic E-state index is -3.87. The molecular formula is C19H20N2O5S. The number of ether oxygens (including phenoxy) is 1. The van der Waals surface area contributed by atoms with Crippen molar-refractivity contribution in [2.45, 2.75) is 31.8 Å². The van der Waals surface area contributed by atoms with Gasteiger partial charge in [0.1, 0.15) is 11.9 Å². The number of hydrogen-bond donors (Lipinski definition) is 1. The topological polar surface area (TPSA) is 92.8 Å². The highest BCUT2D eigenvalue weighted by atomic mass is 32.2. The van der Waals surface area contributed by atoms with Crippen LogP contribution in [0.25, 0.3) is 0 Å². The van der Waals surface area contributed by atoms with Crippen LogP contribution in [0.1, 0.15) is 31.1 Å². The highest BCUT2D eigenvalue weighted by molar-refractivity contribution is 7.92. The Morgan fingerprint density at radius 3 is 2.37 bits per heavy atom. The van der Waals surface area contributed by atoms with Gasteiger partial charge in [0.25, 0.3) is 10.0 Å². The zero-order valence-corrected chi connectivity index (χ0v) is 16.0. The normalized spacial score (nSPS) is 16.3. The third kappa shape index (κ3) is 3.95. The van der Waals surface area contributed by atoms with Gasteiger partial charge >= 0.3 is 0 Å². The molecule has 1 atom stereocenters. The summed E-state index contributed by atoms with van der Waals surface area (Å²) in [6.07, 6.45) is -0.179. The van der Waals surface area contributed by atoms with Crippen LogP contribution in [0.15, 0.2) is 47.4 Å². The Labute approximate surface area is 158 Å². The highest BCUT2D eigenvalue weighted by Gasteiger charge is 2.27. The zero-order valence-electron chi connectivity index (χ0n) is 15.2. The van der Waals surface area contributed by atoms with Gasteiger partial charge < -0.3 is 9.64 Å². The number of benzene rings is 2. The van der Waals surface area contributed by atoms with Gasteiger partial charge in [-0.3, -0.25) is 14.3 Å². The smallest absolute Gasteiger partial charge is 0.261 e.